The molecule has 4 nitrogen and oxygen atoms in total. The van der Waals surface area contributed by atoms with Crippen LogP contribution in [0.3, 0.4) is 0 Å². The number of amides is 1. The standard InChI is InChI=1S/C19H17Cl2NO3S/c1-12(19(24)22-18-15(20)4-3-5-16(18)21)25-17(23)11-8-13-6-9-14(26-2)10-7-13/h3-12H,1-2H3,(H,22,24)/b11-8+/t12-/m1/s1. The zero-order valence-electron chi connectivity index (χ0n) is 14.2. The highest BCUT2D eigenvalue weighted by molar-refractivity contribution is 7.98. The lowest BCUT2D eigenvalue weighted by atomic mass is 10.2. The molecule has 136 valence electrons. The first-order valence-electron chi connectivity index (χ1n) is 7.68. The molecule has 0 heterocycles. The first-order chi connectivity index (χ1) is 12.4. The lowest BCUT2D eigenvalue weighted by Gasteiger charge is -2.14. The van der Waals surface area contributed by atoms with E-state index in [0.29, 0.717) is 10.0 Å². The highest BCUT2D eigenvalue weighted by atomic mass is 35.5. The van der Waals surface area contributed by atoms with Crippen LogP contribution in [0, 0.1) is 0 Å². The van der Waals surface area contributed by atoms with Crippen molar-refractivity contribution in [2.24, 2.45) is 0 Å². The van der Waals surface area contributed by atoms with E-state index in [1.54, 1.807) is 36.0 Å². The summed E-state index contributed by atoms with van der Waals surface area (Å²) in [6.07, 6.45) is 3.89. The molecule has 1 N–H and O–H groups in total. The maximum absolute atomic E-state index is 12.2. The summed E-state index contributed by atoms with van der Waals surface area (Å²) in [4.78, 5) is 25.2. The van der Waals surface area contributed by atoms with Crippen LogP contribution in [-0.2, 0) is 14.3 Å². The number of esters is 1. The molecule has 1 atom stereocenters. The molecule has 2 rings (SSSR count). The van der Waals surface area contributed by atoms with Crippen LogP contribution in [0.15, 0.2) is 53.4 Å². The lowest BCUT2D eigenvalue weighted by Crippen LogP contribution is -2.29. The van der Waals surface area contributed by atoms with E-state index in [2.05, 4.69) is 5.32 Å². The molecule has 0 unspecified atom stereocenters. The van der Waals surface area contributed by atoms with Gasteiger partial charge in [-0.3, -0.25) is 4.79 Å². The Morgan fingerprint density at radius 1 is 1.12 bits per heavy atom. The van der Waals surface area contributed by atoms with Gasteiger partial charge in [0, 0.05) is 11.0 Å². The van der Waals surface area contributed by atoms with Crippen LogP contribution < -0.4 is 5.32 Å². The summed E-state index contributed by atoms with van der Waals surface area (Å²) in [7, 11) is 0. The maximum Gasteiger partial charge on any atom is 0.331 e. The Morgan fingerprint density at radius 3 is 2.31 bits per heavy atom. The Morgan fingerprint density at radius 2 is 1.73 bits per heavy atom. The second kappa shape index (κ2) is 9.67. The lowest BCUT2D eigenvalue weighted by molar-refractivity contribution is -0.148. The monoisotopic (exact) mass is 409 g/mol. The van der Waals surface area contributed by atoms with Crippen LogP contribution >= 0.6 is 35.0 Å². The number of ether oxygens (including phenoxy) is 1. The van der Waals surface area contributed by atoms with Crippen molar-refractivity contribution >= 4 is 58.6 Å². The first-order valence-corrected chi connectivity index (χ1v) is 9.66. The SMILES string of the molecule is CSc1ccc(/C=C/C(=O)O[C@H](C)C(=O)Nc2c(Cl)cccc2Cl)cc1. The van der Waals surface area contributed by atoms with Gasteiger partial charge in [-0.05, 0) is 49.1 Å². The molecule has 0 bridgehead atoms. The Hall–Kier alpha value is -1.95. The van der Waals surface area contributed by atoms with Crippen LogP contribution in [0.2, 0.25) is 10.0 Å². The molecule has 1 amide bonds. The number of nitrogens with one attached hydrogen (secondary N) is 1. The van der Waals surface area contributed by atoms with E-state index in [4.69, 9.17) is 27.9 Å². The Balaban J connectivity index is 1.93. The van der Waals surface area contributed by atoms with Gasteiger partial charge in [0.25, 0.3) is 5.91 Å². The van der Waals surface area contributed by atoms with Gasteiger partial charge in [-0.15, -0.1) is 11.8 Å². The van der Waals surface area contributed by atoms with Gasteiger partial charge in [-0.2, -0.15) is 0 Å². The van der Waals surface area contributed by atoms with E-state index in [-0.39, 0.29) is 5.69 Å². The van der Waals surface area contributed by atoms with Crippen molar-refractivity contribution in [2.45, 2.75) is 17.9 Å². The number of hydrogen-bond acceptors (Lipinski definition) is 4. The van der Waals surface area contributed by atoms with Crippen molar-refractivity contribution in [1.29, 1.82) is 0 Å². The highest BCUT2D eigenvalue weighted by Gasteiger charge is 2.18. The number of carbonyl (C=O) groups excluding carboxylic acids is 2. The topological polar surface area (TPSA) is 55.4 Å². The first kappa shape index (κ1) is 20.4. The van der Waals surface area contributed by atoms with Crippen LogP contribution in [0.5, 0.6) is 0 Å². The zero-order chi connectivity index (χ0) is 19.1. The molecule has 2 aromatic rings. The Bertz CT molecular complexity index is 802. The van der Waals surface area contributed by atoms with Gasteiger partial charge < -0.3 is 10.1 Å². The van der Waals surface area contributed by atoms with Crippen LogP contribution in [0.1, 0.15) is 12.5 Å². The predicted octanol–water partition coefficient (Wildman–Crippen LogP) is 5.30. The number of thioether (sulfide) groups is 1. The number of para-hydroxylation sites is 1. The average Bonchev–Trinajstić information content (AvgIpc) is 2.63. The summed E-state index contributed by atoms with van der Waals surface area (Å²) < 4.78 is 5.10. The minimum atomic E-state index is -1.00. The fraction of sp³-hybridized carbons (Fsp3) is 0.158. The van der Waals surface area contributed by atoms with E-state index in [9.17, 15) is 9.59 Å². The van der Waals surface area contributed by atoms with Gasteiger partial charge in [0.1, 0.15) is 0 Å². The van der Waals surface area contributed by atoms with E-state index in [0.717, 1.165) is 10.5 Å². The van der Waals surface area contributed by atoms with Crippen molar-refractivity contribution < 1.29 is 14.3 Å². The molecule has 0 spiro atoms. The van der Waals surface area contributed by atoms with Gasteiger partial charge in [-0.1, -0.05) is 41.4 Å². The number of carbonyl (C=O) groups is 2. The number of benzene rings is 2. The van der Waals surface area contributed by atoms with E-state index in [1.807, 2.05) is 30.5 Å². The predicted molar refractivity (Wildman–Crippen MR) is 108 cm³/mol. The largest absolute Gasteiger partial charge is 0.449 e. The Kier molecular flexibility index (Phi) is 7.57. The van der Waals surface area contributed by atoms with E-state index in [1.165, 1.54) is 13.0 Å². The molecule has 0 aromatic heterocycles. The number of hydrogen-bond donors (Lipinski definition) is 1. The van der Waals surface area contributed by atoms with Crippen molar-refractivity contribution in [3.8, 4) is 0 Å². The van der Waals surface area contributed by atoms with Gasteiger partial charge >= 0.3 is 5.97 Å². The third kappa shape index (κ3) is 5.80. The van der Waals surface area contributed by atoms with Crippen molar-refractivity contribution in [3.63, 3.8) is 0 Å². The van der Waals surface area contributed by atoms with Crippen LogP contribution in [-0.4, -0.2) is 24.2 Å². The molecule has 7 heteroatoms. The second-order valence-electron chi connectivity index (χ2n) is 5.27. The fourth-order valence-electron chi connectivity index (χ4n) is 1.99. The second-order valence-corrected chi connectivity index (χ2v) is 6.97. The smallest absolute Gasteiger partial charge is 0.331 e. The van der Waals surface area contributed by atoms with Gasteiger partial charge in [0.15, 0.2) is 6.10 Å². The number of halogens is 2. The molecule has 0 saturated carbocycles. The molecule has 0 aliphatic carbocycles. The van der Waals surface area contributed by atoms with Crippen molar-refractivity contribution in [3.05, 3.63) is 64.1 Å². The summed E-state index contributed by atoms with van der Waals surface area (Å²) in [6, 6.07) is 12.6. The minimum absolute atomic E-state index is 0.285. The normalized spacial score (nSPS) is 12.0. The summed E-state index contributed by atoms with van der Waals surface area (Å²) in [5, 5.41) is 3.17. The van der Waals surface area contributed by atoms with E-state index < -0.39 is 18.0 Å². The fourth-order valence-corrected chi connectivity index (χ4v) is 2.89. The molecule has 0 aliphatic heterocycles. The highest BCUT2D eigenvalue weighted by Crippen LogP contribution is 2.29. The Labute approximate surface area is 166 Å². The van der Waals surface area contributed by atoms with Crippen LogP contribution in [0.25, 0.3) is 6.08 Å². The quantitative estimate of drug-likeness (QED) is 0.399. The average molecular weight is 410 g/mol. The summed E-state index contributed by atoms with van der Waals surface area (Å²) >= 11 is 13.6. The van der Waals surface area contributed by atoms with Crippen molar-refractivity contribution in [1.82, 2.24) is 0 Å². The van der Waals surface area contributed by atoms with E-state index >= 15 is 0 Å². The van der Waals surface area contributed by atoms with Crippen LogP contribution in [0.4, 0.5) is 5.69 Å². The molecule has 0 aliphatic rings. The number of anilines is 1. The molecule has 0 fully saturated rings. The summed E-state index contributed by atoms with van der Waals surface area (Å²) in [5.41, 5.74) is 1.15. The third-order valence-electron chi connectivity index (χ3n) is 3.40. The summed E-state index contributed by atoms with van der Waals surface area (Å²) in [5.74, 6) is -1.14. The van der Waals surface area contributed by atoms with Gasteiger partial charge in [0.2, 0.25) is 0 Å². The van der Waals surface area contributed by atoms with Crippen molar-refractivity contribution in [2.75, 3.05) is 11.6 Å². The number of rotatable bonds is 6. The molecule has 0 radical (unpaired) electrons. The summed E-state index contributed by atoms with van der Waals surface area (Å²) in [6.45, 7) is 1.47. The van der Waals surface area contributed by atoms with Gasteiger partial charge in [-0.25, -0.2) is 4.79 Å². The molecular weight excluding hydrogens is 393 g/mol. The van der Waals surface area contributed by atoms with Gasteiger partial charge in [0.05, 0.1) is 15.7 Å². The molecule has 2 aromatic carbocycles. The minimum Gasteiger partial charge on any atom is -0.449 e. The molecule has 0 saturated heterocycles. The molecule has 26 heavy (non-hydrogen) atoms. The maximum atomic E-state index is 12.2. The molecular formula is C19H17Cl2NO3S. The third-order valence-corrected chi connectivity index (χ3v) is 4.77. The zero-order valence-corrected chi connectivity index (χ0v) is 16.5.